The average Bonchev–Trinajstić information content (AvgIpc) is 2.27. The maximum atomic E-state index is 5.49. The van der Waals surface area contributed by atoms with Gasteiger partial charge < -0.3 is 15.2 Å². The van der Waals surface area contributed by atoms with Gasteiger partial charge >= 0.3 is 0 Å². The van der Waals surface area contributed by atoms with Crippen LogP contribution in [0.2, 0.25) is 0 Å². The van der Waals surface area contributed by atoms with E-state index in [9.17, 15) is 0 Å². The standard InChI is InChI=1S/C12H18N2O2S/c1-14(8-12(13)17)7-9-4-5-10(15-2)11(6-9)16-3/h4-6H,7-8H2,1-3H3,(H2,13,17). The first-order chi connectivity index (χ1) is 8.06. The Morgan fingerprint density at radius 1 is 1.29 bits per heavy atom. The number of benzene rings is 1. The van der Waals surface area contributed by atoms with Gasteiger partial charge in [-0.1, -0.05) is 18.3 Å². The Bertz CT molecular complexity index is 396. The fourth-order valence-electron chi connectivity index (χ4n) is 1.61. The van der Waals surface area contributed by atoms with E-state index in [-0.39, 0.29) is 0 Å². The smallest absolute Gasteiger partial charge is 0.161 e. The van der Waals surface area contributed by atoms with E-state index in [2.05, 4.69) is 0 Å². The summed E-state index contributed by atoms with van der Waals surface area (Å²) in [6.07, 6.45) is 0. The number of rotatable bonds is 6. The van der Waals surface area contributed by atoms with E-state index >= 15 is 0 Å². The van der Waals surface area contributed by atoms with Gasteiger partial charge in [0.15, 0.2) is 11.5 Å². The lowest BCUT2D eigenvalue weighted by atomic mass is 10.2. The number of ether oxygens (including phenoxy) is 2. The van der Waals surface area contributed by atoms with Crippen LogP contribution in [-0.4, -0.2) is 37.7 Å². The fraction of sp³-hybridized carbons (Fsp3) is 0.417. The van der Waals surface area contributed by atoms with Crippen LogP contribution in [0.5, 0.6) is 11.5 Å². The molecule has 5 heteroatoms. The molecule has 0 bridgehead atoms. The van der Waals surface area contributed by atoms with Crippen molar-refractivity contribution in [3.8, 4) is 11.5 Å². The fourth-order valence-corrected chi connectivity index (χ4v) is 1.83. The topological polar surface area (TPSA) is 47.7 Å². The molecule has 1 rings (SSSR count). The highest BCUT2D eigenvalue weighted by Gasteiger charge is 2.06. The minimum atomic E-state index is 0.493. The molecular weight excluding hydrogens is 236 g/mol. The van der Waals surface area contributed by atoms with E-state index in [0.717, 1.165) is 23.6 Å². The van der Waals surface area contributed by atoms with Crippen LogP contribution >= 0.6 is 12.2 Å². The predicted octanol–water partition coefficient (Wildman–Crippen LogP) is 1.42. The molecule has 4 nitrogen and oxygen atoms in total. The van der Waals surface area contributed by atoms with Crippen LogP contribution in [0, 0.1) is 0 Å². The zero-order valence-corrected chi connectivity index (χ0v) is 11.2. The molecule has 1 aromatic carbocycles. The minimum absolute atomic E-state index is 0.493. The van der Waals surface area contributed by atoms with Gasteiger partial charge in [-0.2, -0.15) is 0 Å². The molecule has 17 heavy (non-hydrogen) atoms. The van der Waals surface area contributed by atoms with Gasteiger partial charge in [0.1, 0.15) is 0 Å². The van der Waals surface area contributed by atoms with Crippen molar-refractivity contribution in [3.63, 3.8) is 0 Å². The molecule has 0 heterocycles. The molecule has 0 saturated heterocycles. The second-order valence-electron chi connectivity index (χ2n) is 3.83. The summed E-state index contributed by atoms with van der Waals surface area (Å²) >= 11 is 4.87. The van der Waals surface area contributed by atoms with Gasteiger partial charge in [0, 0.05) is 13.1 Å². The van der Waals surface area contributed by atoms with Gasteiger partial charge in [0.05, 0.1) is 19.2 Å². The Morgan fingerprint density at radius 3 is 2.47 bits per heavy atom. The average molecular weight is 254 g/mol. The van der Waals surface area contributed by atoms with Crippen molar-refractivity contribution in [2.45, 2.75) is 6.54 Å². The van der Waals surface area contributed by atoms with Crippen molar-refractivity contribution in [2.75, 3.05) is 27.8 Å². The molecule has 0 fully saturated rings. The lowest BCUT2D eigenvalue weighted by Gasteiger charge is -2.16. The van der Waals surface area contributed by atoms with E-state index < -0.39 is 0 Å². The Labute approximate surface area is 107 Å². The third-order valence-electron chi connectivity index (χ3n) is 2.33. The number of methoxy groups -OCH3 is 2. The van der Waals surface area contributed by atoms with Gasteiger partial charge in [-0.25, -0.2) is 0 Å². The summed E-state index contributed by atoms with van der Waals surface area (Å²) in [5.74, 6) is 1.46. The molecule has 0 aliphatic rings. The largest absolute Gasteiger partial charge is 0.493 e. The number of likely N-dealkylation sites (N-methyl/N-ethyl adjacent to an activating group) is 1. The first kappa shape index (κ1) is 13.7. The quantitative estimate of drug-likeness (QED) is 0.778. The lowest BCUT2D eigenvalue weighted by Crippen LogP contribution is -2.28. The van der Waals surface area contributed by atoms with Crippen LogP contribution in [0.1, 0.15) is 5.56 Å². The number of nitrogens with zero attached hydrogens (tertiary/aromatic N) is 1. The van der Waals surface area contributed by atoms with Crippen molar-refractivity contribution < 1.29 is 9.47 Å². The van der Waals surface area contributed by atoms with Gasteiger partial charge in [-0.05, 0) is 24.7 Å². The Morgan fingerprint density at radius 2 is 1.94 bits per heavy atom. The molecule has 1 aromatic rings. The van der Waals surface area contributed by atoms with E-state index in [1.165, 1.54) is 0 Å². The Kier molecular flexibility index (Phi) is 5.18. The molecule has 0 radical (unpaired) electrons. The third-order valence-corrected chi connectivity index (χ3v) is 2.46. The molecule has 94 valence electrons. The second kappa shape index (κ2) is 6.42. The molecule has 0 aliphatic heterocycles. The van der Waals surface area contributed by atoms with Crippen LogP contribution in [-0.2, 0) is 6.54 Å². The summed E-state index contributed by atoms with van der Waals surface area (Å²) in [5.41, 5.74) is 6.62. The minimum Gasteiger partial charge on any atom is -0.493 e. The molecule has 0 spiro atoms. The predicted molar refractivity (Wildman–Crippen MR) is 72.7 cm³/mol. The van der Waals surface area contributed by atoms with Crippen LogP contribution < -0.4 is 15.2 Å². The summed E-state index contributed by atoms with van der Waals surface area (Å²) in [4.78, 5) is 2.54. The maximum absolute atomic E-state index is 5.49. The van der Waals surface area contributed by atoms with E-state index in [4.69, 9.17) is 27.4 Å². The first-order valence-corrected chi connectivity index (χ1v) is 5.65. The first-order valence-electron chi connectivity index (χ1n) is 5.24. The van der Waals surface area contributed by atoms with Crippen molar-refractivity contribution in [2.24, 2.45) is 5.73 Å². The Hall–Kier alpha value is -1.33. The molecule has 0 aromatic heterocycles. The molecule has 2 N–H and O–H groups in total. The highest BCUT2D eigenvalue weighted by Crippen LogP contribution is 2.27. The van der Waals surface area contributed by atoms with Crippen molar-refractivity contribution in [1.82, 2.24) is 4.90 Å². The zero-order valence-electron chi connectivity index (χ0n) is 10.4. The number of nitrogens with two attached hydrogens (primary N) is 1. The van der Waals surface area contributed by atoms with Gasteiger partial charge in [0.25, 0.3) is 0 Å². The Balaban J connectivity index is 2.75. The lowest BCUT2D eigenvalue weighted by molar-refractivity contribution is 0.349. The summed E-state index contributed by atoms with van der Waals surface area (Å²) in [7, 11) is 5.22. The highest BCUT2D eigenvalue weighted by atomic mass is 32.1. The zero-order chi connectivity index (χ0) is 12.8. The SMILES string of the molecule is COc1ccc(CN(C)CC(N)=S)cc1OC. The van der Waals surface area contributed by atoms with Gasteiger partial charge in [-0.15, -0.1) is 0 Å². The van der Waals surface area contributed by atoms with E-state index in [1.807, 2.05) is 30.1 Å². The molecule has 0 amide bonds. The van der Waals surface area contributed by atoms with Gasteiger partial charge in [0.2, 0.25) is 0 Å². The van der Waals surface area contributed by atoms with Crippen LogP contribution in [0.4, 0.5) is 0 Å². The number of hydrogen-bond acceptors (Lipinski definition) is 4. The van der Waals surface area contributed by atoms with E-state index in [0.29, 0.717) is 11.5 Å². The molecule has 0 atom stereocenters. The van der Waals surface area contributed by atoms with Crippen molar-refractivity contribution >= 4 is 17.2 Å². The highest BCUT2D eigenvalue weighted by molar-refractivity contribution is 7.80. The second-order valence-corrected chi connectivity index (χ2v) is 4.35. The van der Waals surface area contributed by atoms with Crippen LogP contribution in [0.15, 0.2) is 18.2 Å². The van der Waals surface area contributed by atoms with Crippen molar-refractivity contribution in [1.29, 1.82) is 0 Å². The molecule has 0 aliphatic carbocycles. The van der Waals surface area contributed by atoms with Crippen LogP contribution in [0.3, 0.4) is 0 Å². The molecule has 0 saturated carbocycles. The summed E-state index contributed by atoms with van der Waals surface area (Å²) < 4.78 is 10.4. The summed E-state index contributed by atoms with van der Waals surface area (Å²) in [6, 6.07) is 5.84. The summed E-state index contributed by atoms with van der Waals surface area (Å²) in [5, 5.41) is 0. The number of hydrogen-bond donors (Lipinski definition) is 1. The van der Waals surface area contributed by atoms with Crippen LogP contribution in [0.25, 0.3) is 0 Å². The monoisotopic (exact) mass is 254 g/mol. The third kappa shape index (κ3) is 4.20. The van der Waals surface area contributed by atoms with Crippen molar-refractivity contribution in [3.05, 3.63) is 23.8 Å². The summed E-state index contributed by atoms with van der Waals surface area (Å²) in [6.45, 7) is 1.36. The maximum Gasteiger partial charge on any atom is 0.161 e. The molecule has 0 unspecified atom stereocenters. The normalized spacial score (nSPS) is 10.4. The van der Waals surface area contributed by atoms with Gasteiger partial charge in [-0.3, -0.25) is 4.90 Å². The molecular formula is C12H18N2O2S. The number of thiocarbonyl (C=S) groups is 1. The van der Waals surface area contributed by atoms with E-state index in [1.54, 1.807) is 14.2 Å².